The normalized spacial score (nSPS) is 12.8. The highest BCUT2D eigenvalue weighted by atomic mass is 32.2. The highest BCUT2D eigenvalue weighted by Crippen LogP contribution is 2.34. The van der Waals surface area contributed by atoms with Crippen LogP contribution in [0.5, 0.6) is 11.5 Å². The summed E-state index contributed by atoms with van der Waals surface area (Å²) >= 11 is 0. The minimum Gasteiger partial charge on any atom is -0.486 e. The van der Waals surface area contributed by atoms with Gasteiger partial charge < -0.3 is 14.8 Å². The van der Waals surface area contributed by atoms with E-state index in [0.29, 0.717) is 18.0 Å². The van der Waals surface area contributed by atoms with Crippen molar-refractivity contribution in [1.29, 1.82) is 0 Å². The van der Waals surface area contributed by atoms with E-state index in [0.717, 1.165) is 27.2 Å². The lowest BCUT2D eigenvalue weighted by molar-refractivity contribution is -0.114. The lowest BCUT2D eigenvalue weighted by Gasteiger charge is -2.25. The standard InChI is InChI=1S/C32H26FN3O7S2/c33-23-8-12-25(13-9-23)36(45(40,41)27-16-17-30-31(20-27)43-19-18-42-30)21-32(37)34-24-10-14-26(15-11-24)44(38,39)35-29-7-3-5-22-4-1-2-6-28(22)29/h1-17,20,35H,18-19,21H2,(H,34,37). The molecule has 0 spiro atoms. The van der Waals surface area contributed by atoms with Crippen LogP contribution in [-0.2, 0) is 24.8 Å². The second-order valence-electron chi connectivity index (χ2n) is 10.00. The summed E-state index contributed by atoms with van der Waals surface area (Å²) in [6.45, 7) is -0.0837. The van der Waals surface area contributed by atoms with Crippen LogP contribution in [0.1, 0.15) is 0 Å². The molecule has 0 saturated carbocycles. The third-order valence-corrected chi connectivity index (χ3v) is 10.1. The third kappa shape index (κ3) is 6.40. The van der Waals surface area contributed by atoms with Gasteiger partial charge in [0.25, 0.3) is 20.0 Å². The molecule has 1 amide bonds. The monoisotopic (exact) mass is 647 g/mol. The summed E-state index contributed by atoms with van der Waals surface area (Å²) in [6, 6.07) is 26.9. The first-order chi connectivity index (χ1) is 21.6. The van der Waals surface area contributed by atoms with Gasteiger partial charge in [-0.3, -0.25) is 13.8 Å². The molecule has 1 aliphatic rings. The molecule has 10 nitrogen and oxygen atoms in total. The van der Waals surface area contributed by atoms with Crippen LogP contribution in [-0.4, -0.2) is 42.5 Å². The van der Waals surface area contributed by atoms with Crippen LogP contribution in [0.25, 0.3) is 10.8 Å². The van der Waals surface area contributed by atoms with Crippen molar-refractivity contribution in [2.75, 3.05) is 34.1 Å². The van der Waals surface area contributed by atoms with E-state index >= 15 is 0 Å². The van der Waals surface area contributed by atoms with E-state index in [-0.39, 0.29) is 33.5 Å². The van der Waals surface area contributed by atoms with Gasteiger partial charge in [-0.1, -0.05) is 36.4 Å². The molecule has 230 valence electrons. The van der Waals surface area contributed by atoms with Crippen LogP contribution in [0.3, 0.4) is 0 Å². The molecule has 0 radical (unpaired) electrons. The van der Waals surface area contributed by atoms with Gasteiger partial charge in [-0.25, -0.2) is 21.2 Å². The first-order valence-corrected chi connectivity index (χ1v) is 16.6. The second-order valence-corrected chi connectivity index (χ2v) is 13.5. The number of rotatable bonds is 9. The Labute approximate surface area is 259 Å². The van der Waals surface area contributed by atoms with Crippen LogP contribution >= 0.6 is 0 Å². The first kappa shape index (κ1) is 29.9. The van der Waals surface area contributed by atoms with Gasteiger partial charge >= 0.3 is 0 Å². The topological polar surface area (TPSA) is 131 Å². The predicted octanol–water partition coefficient (Wildman–Crippen LogP) is 5.38. The summed E-state index contributed by atoms with van der Waals surface area (Å²) < 4.78 is 81.9. The van der Waals surface area contributed by atoms with Gasteiger partial charge in [0, 0.05) is 17.1 Å². The zero-order valence-electron chi connectivity index (χ0n) is 23.5. The van der Waals surface area contributed by atoms with Crippen LogP contribution < -0.4 is 23.8 Å². The molecule has 1 aliphatic heterocycles. The van der Waals surface area contributed by atoms with Crippen molar-refractivity contribution in [2.24, 2.45) is 0 Å². The Bertz CT molecular complexity index is 2100. The van der Waals surface area contributed by atoms with Crippen molar-refractivity contribution in [3.05, 3.63) is 115 Å². The third-order valence-electron chi connectivity index (χ3n) is 6.99. The molecule has 0 bridgehead atoms. The molecule has 0 fully saturated rings. The SMILES string of the molecule is O=C(CN(c1ccc(F)cc1)S(=O)(=O)c1ccc2c(c1)OCCO2)Nc1ccc(S(=O)(=O)Nc2cccc3ccccc23)cc1. The molecule has 5 aromatic rings. The number of amides is 1. The van der Waals surface area contributed by atoms with E-state index < -0.39 is 38.3 Å². The number of nitrogens with one attached hydrogen (secondary N) is 2. The zero-order valence-corrected chi connectivity index (χ0v) is 25.1. The molecule has 6 rings (SSSR count). The number of sulfonamides is 2. The molecule has 0 unspecified atom stereocenters. The lowest BCUT2D eigenvalue weighted by Crippen LogP contribution is -2.38. The van der Waals surface area contributed by atoms with Crippen LogP contribution in [0, 0.1) is 5.82 Å². The number of ether oxygens (including phenoxy) is 2. The first-order valence-electron chi connectivity index (χ1n) is 13.7. The summed E-state index contributed by atoms with van der Waals surface area (Å²) in [4.78, 5) is 13.0. The number of hydrogen-bond acceptors (Lipinski definition) is 7. The van der Waals surface area contributed by atoms with Crippen LogP contribution in [0.2, 0.25) is 0 Å². The molecule has 0 saturated heterocycles. The van der Waals surface area contributed by atoms with E-state index in [2.05, 4.69) is 10.0 Å². The van der Waals surface area contributed by atoms with Gasteiger partial charge in [0.2, 0.25) is 5.91 Å². The van der Waals surface area contributed by atoms with E-state index in [1.54, 1.807) is 12.1 Å². The van der Waals surface area contributed by atoms with Crippen LogP contribution in [0.4, 0.5) is 21.5 Å². The fourth-order valence-electron chi connectivity index (χ4n) is 4.80. The summed E-state index contributed by atoms with van der Waals surface area (Å²) in [5.74, 6) is -0.658. The van der Waals surface area contributed by atoms with Gasteiger partial charge in [0.15, 0.2) is 11.5 Å². The Balaban J connectivity index is 1.21. The number of anilines is 3. The maximum absolute atomic E-state index is 13.8. The van der Waals surface area contributed by atoms with Gasteiger partial charge in [-0.05, 0) is 72.1 Å². The minimum atomic E-state index is -4.33. The van der Waals surface area contributed by atoms with Crippen molar-refractivity contribution in [2.45, 2.75) is 9.79 Å². The quantitative estimate of drug-likeness (QED) is 0.220. The number of fused-ring (bicyclic) bond motifs is 2. The summed E-state index contributed by atoms with van der Waals surface area (Å²) in [5.41, 5.74) is 0.716. The summed E-state index contributed by atoms with van der Waals surface area (Å²) in [6.07, 6.45) is 0. The fourth-order valence-corrected chi connectivity index (χ4v) is 7.32. The number of carbonyl (C=O) groups is 1. The van der Waals surface area contributed by atoms with Crippen molar-refractivity contribution in [3.63, 3.8) is 0 Å². The van der Waals surface area contributed by atoms with Crippen molar-refractivity contribution >= 4 is 53.8 Å². The molecule has 2 N–H and O–H groups in total. The number of hydrogen-bond donors (Lipinski definition) is 2. The molecule has 0 aliphatic carbocycles. The van der Waals surface area contributed by atoms with E-state index in [9.17, 15) is 26.0 Å². The number of halogens is 1. The molecule has 45 heavy (non-hydrogen) atoms. The molecule has 0 aromatic heterocycles. The molecule has 1 heterocycles. The Morgan fingerprint density at radius 1 is 0.756 bits per heavy atom. The maximum Gasteiger partial charge on any atom is 0.264 e. The van der Waals surface area contributed by atoms with Gasteiger partial charge in [0.1, 0.15) is 25.6 Å². The maximum atomic E-state index is 13.8. The number of benzene rings is 5. The highest BCUT2D eigenvalue weighted by Gasteiger charge is 2.29. The van der Waals surface area contributed by atoms with Crippen molar-refractivity contribution in [3.8, 4) is 11.5 Å². The van der Waals surface area contributed by atoms with Gasteiger partial charge in [0.05, 0.1) is 21.2 Å². The Kier molecular flexibility index (Phi) is 8.04. The van der Waals surface area contributed by atoms with E-state index in [1.807, 2.05) is 30.3 Å². The van der Waals surface area contributed by atoms with E-state index in [4.69, 9.17) is 9.47 Å². The fraction of sp³-hybridized carbons (Fsp3) is 0.0938. The largest absolute Gasteiger partial charge is 0.486 e. The predicted molar refractivity (Wildman–Crippen MR) is 168 cm³/mol. The average molecular weight is 648 g/mol. The summed E-state index contributed by atoms with van der Waals surface area (Å²) in [7, 11) is -8.30. The average Bonchev–Trinajstić information content (AvgIpc) is 3.04. The smallest absolute Gasteiger partial charge is 0.264 e. The Morgan fingerprint density at radius 2 is 1.42 bits per heavy atom. The second kappa shape index (κ2) is 12.1. The molecular weight excluding hydrogens is 621 g/mol. The zero-order chi connectivity index (χ0) is 31.6. The molecule has 0 atom stereocenters. The Hall–Kier alpha value is -5.14. The van der Waals surface area contributed by atoms with Gasteiger partial charge in [-0.2, -0.15) is 0 Å². The minimum absolute atomic E-state index is 0.0393. The van der Waals surface area contributed by atoms with E-state index in [1.165, 1.54) is 54.6 Å². The summed E-state index contributed by atoms with van der Waals surface area (Å²) in [5, 5.41) is 4.22. The van der Waals surface area contributed by atoms with Crippen molar-refractivity contribution < 1.29 is 35.5 Å². The molecule has 13 heteroatoms. The number of carbonyl (C=O) groups excluding carboxylic acids is 1. The number of nitrogens with zero attached hydrogens (tertiary/aromatic N) is 1. The Morgan fingerprint density at radius 3 is 2.18 bits per heavy atom. The van der Waals surface area contributed by atoms with Crippen molar-refractivity contribution in [1.82, 2.24) is 0 Å². The van der Waals surface area contributed by atoms with Crippen LogP contribution in [0.15, 0.2) is 119 Å². The lowest BCUT2D eigenvalue weighted by atomic mass is 10.1. The van der Waals surface area contributed by atoms with Gasteiger partial charge in [-0.15, -0.1) is 0 Å². The highest BCUT2D eigenvalue weighted by molar-refractivity contribution is 7.93. The molecular formula is C32H26FN3O7S2. The molecule has 5 aromatic carbocycles.